The summed E-state index contributed by atoms with van der Waals surface area (Å²) in [5.74, 6) is 0. The van der Waals surface area contributed by atoms with Gasteiger partial charge in [0.2, 0.25) is 0 Å². The normalized spacial score (nSPS) is 10.8. The second-order valence-corrected chi connectivity index (χ2v) is 5.03. The molecule has 0 amide bonds. The predicted octanol–water partition coefficient (Wildman–Crippen LogP) is 2.77. The van der Waals surface area contributed by atoms with Crippen molar-refractivity contribution in [1.29, 1.82) is 0 Å². The molecule has 17 heavy (non-hydrogen) atoms. The van der Waals surface area contributed by atoms with Crippen LogP contribution in [-0.2, 0) is 13.1 Å². The number of imidazole rings is 1. The molecule has 90 valence electrons. The summed E-state index contributed by atoms with van der Waals surface area (Å²) in [5, 5.41) is 0. The van der Waals surface area contributed by atoms with Gasteiger partial charge in [0.25, 0.3) is 0 Å². The van der Waals surface area contributed by atoms with Crippen molar-refractivity contribution < 1.29 is 0 Å². The van der Waals surface area contributed by atoms with E-state index in [1.54, 1.807) is 0 Å². The molecule has 3 nitrogen and oxygen atoms in total. The van der Waals surface area contributed by atoms with Crippen LogP contribution in [0.4, 0.5) is 0 Å². The van der Waals surface area contributed by atoms with Crippen LogP contribution in [-0.4, -0.2) is 9.55 Å². The first-order valence-corrected chi connectivity index (χ1v) is 6.37. The number of aromatic nitrogens is 2. The lowest BCUT2D eigenvalue weighted by atomic mass is 10.1. The number of rotatable bonds is 3. The van der Waals surface area contributed by atoms with Gasteiger partial charge >= 0.3 is 0 Å². The standard InChI is InChI=1S/C13H16BrN3/c1-9-10(2)17(8-16-9)7-12-4-3-11(6-15)5-13(12)14/h3-5,8H,6-7,15H2,1-2H3. The maximum Gasteiger partial charge on any atom is 0.0954 e. The van der Waals surface area contributed by atoms with Crippen LogP contribution in [0.25, 0.3) is 0 Å². The molecular weight excluding hydrogens is 278 g/mol. The molecule has 0 aliphatic heterocycles. The molecule has 0 bridgehead atoms. The second-order valence-electron chi connectivity index (χ2n) is 4.17. The van der Waals surface area contributed by atoms with Gasteiger partial charge in [-0.15, -0.1) is 0 Å². The van der Waals surface area contributed by atoms with Gasteiger partial charge < -0.3 is 10.3 Å². The number of halogens is 1. The van der Waals surface area contributed by atoms with Gasteiger partial charge in [0.05, 0.1) is 12.0 Å². The van der Waals surface area contributed by atoms with Gasteiger partial charge in [-0.3, -0.25) is 0 Å². The molecule has 0 unspecified atom stereocenters. The number of aryl methyl sites for hydroxylation is 1. The largest absolute Gasteiger partial charge is 0.330 e. The summed E-state index contributed by atoms with van der Waals surface area (Å²) >= 11 is 3.59. The molecule has 1 aromatic carbocycles. The highest BCUT2D eigenvalue weighted by Crippen LogP contribution is 2.20. The van der Waals surface area contributed by atoms with Gasteiger partial charge in [-0.1, -0.05) is 28.1 Å². The van der Waals surface area contributed by atoms with Gasteiger partial charge in [0.1, 0.15) is 0 Å². The Kier molecular flexibility index (Phi) is 3.64. The monoisotopic (exact) mass is 293 g/mol. The number of benzene rings is 1. The molecule has 0 aliphatic rings. The van der Waals surface area contributed by atoms with Gasteiger partial charge in [0, 0.05) is 23.3 Å². The van der Waals surface area contributed by atoms with Crippen LogP contribution < -0.4 is 5.73 Å². The Labute approximate surface area is 110 Å². The maximum atomic E-state index is 5.61. The summed E-state index contributed by atoms with van der Waals surface area (Å²) in [6.07, 6.45) is 1.88. The van der Waals surface area contributed by atoms with Gasteiger partial charge in [-0.05, 0) is 31.0 Å². The smallest absolute Gasteiger partial charge is 0.0954 e. The zero-order valence-corrected chi connectivity index (χ0v) is 11.7. The molecule has 0 spiro atoms. The zero-order chi connectivity index (χ0) is 12.4. The van der Waals surface area contributed by atoms with Crippen LogP contribution in [0.5, 0.6) is 0 Å². The van der Waals surface area contributed by atoms with E-state index in [1.165, 1.54) is 11.3 Å². The van der Waals surface area contributed by atoms with Crippen molar-refractivity contribution in [2.45, 2.75) is 26.9 Å². The van der Waals surface area contributed by atoms with Crippen molar-refractivity contribution in [3.8, 4) is 0 Å². The zero-order valence-electron chi connectivity index (χ0n) is 10.1. The fraction of sp³-hybridized carbons (Fsp3) is 0.308. The topological polar surface area (TPSA) is 43.8 Å². The highest BCUT2D eigenvalue weighted by atomic mass is 79.9. The molecule has 1 heterocycles. The Morgan fingerprint density at radius 1 is 1.35 bits per heavy atom. The van der Waals surface area contributed by atoms with E-state index in [0.717, 1.165) is 22.3 Å². The molecule has 0 radical (unpaired) electrons. The summed E-state index contributed by atoms with van der Waals surface area (Å²) in [6, 6.07) is 6.26. The lowest BCUT2D eigenvalue weighted by Gasteiger charge is -2.09. The summed E-state index contributed by atoms with van der Waals surface area (Å²) in [4.78, 5) is 4.30. The highest BCUT2D eigenvalue weighted by Gasteiger charge is 2.05. The predicted molar refractivity (Wildman–Crippen MR) is 72.8 cm³/mol. The molecule has 0 saturated carbocycles. The first-order chi connectivity index (χ1) is 8.11. The van der Waals surface area contributed by atoms with Crippen molar-refractivity contribution in [1.82, 2.24) is 9.55 Å². The van der Waals surface area contributed by atoms with Crippen LogP contribution in [0.15, 0.2) is 29.0 Å². The van der Waals surface area contributed by atoms with E-state index in [2.05, 4.69) is 50.6 Å². The van der Waals surface area contributed by atoms with Crippen LogP contribution in [0.2, 0.25) is 0 Å². The van der Waals surface area contributed by atoms with E-state index in [1.807, 2.05) is 13.3 Å². The van der Waals surface area contributed by atoms with Crippen molar-refractivity contribution >= 4 is 15.9 Å². The van der Waals surface area contributed by atoms with Gasteiger partial charge in [-0.25, -0.2) is 4.98 Å². The Bertz CT molecular complexity index is 531. The second kappa shape index (κ2) is 5.02. The highest BCUT2D eigenvalue weighted by molar-refractivity contribution is 9.10. The first-order valence-electron chi connectivity index (χ1n) is 5.57. The summed E-state index contributed by atoms with van der Waals surface area (Å²) in [5.41, 5.74) is 10.3. The number of nitrogens with zero attached hydrogens (tertiary/aromatic N) is 2. The molecule has 0 saturated heterocycles. The molecule has 1 aromatic heterocycles. The van der Waals surface area contributed by atoms with E-state index >= 15 is 0 Å². The minimum atomic E-state index is 0.572. The Morgan fingerprint density at radius 2 is 2.12 bits per heavy atom. The molecule has 2 aromatic rings. The molecule has 4 heteroatoms. The third kappa shape index (κ3) is 2.58. The lowest BCUT2D eigenvalue weighted by Crippen LogP contribution is -2.03. The number of hydrogen-bond donors (Lipinski definition) is 1. The van der Waals surface area contributed by atoms with Crippen molar-refractivity contribution in [2.24, 2.45) is 5.73 Å². The van der Waals surface area contributed by atoms with Crippen LogP contribution in [0.1, 0.15) is 22.5 Å². The average molecular weight is 294 g/mol. The third-order valence-electron chi connectivity index (χ3n) is 3.04. The first kappa shape index (κ1) is 12.3. The fourth-order valence-corrected chi connectivity index (χ4v) is 2.28. The minimum Gasteiger partial charge on any atom is -0.330 e. The third-order valence-corrected chi connectivity index (χ3v) is 3.78. The van der Waals surface area contributed by atoms with E-state index in [-0.39, 0.29) is 0 Å². The number of hydrogen-bond acceptors (Lipinski definition) is 2. The number of nitrogens with two attached hydrogens (primary N) is 1. The minimum absolute atomic E-state index is 0.572. The Balaban J connectivity index is 2.27. The maximum absolute atomic E-state index is 5.61. The van der Waals surface area contributed by atoms with E-state index in [9.17, 15) is 0 Å². The van der Waals surface area contributed by atoms with Crippen molar-refractivity contribution in [3.05, 3.63) is 51.5 Å². The lowest BCUT2D eigenvalue weighted by molar-refractivity contribution is 0.765. The van der Waals surface area contributed by atoms with Crippen LogP contribution in [0.3, 0.4) is 0 Å². The van der Waals surface area contributed by atoms with E-state index in [0.29, 0.717) is 6.54 Å². The fourth-order valence-electron chi connectivity index (χ4n) is 1.73. The van der Waals surface area contributed by atoms with Gasteiger partial charge in [0.15, 0.2) is 0 Å². The Morgan fingerprint density at radius 3 is 2.65 bits per heavy atom. The van der Waals surface area contributed by atoms with Crippen LogP contribution in [0, 0.1) is 13.8 Å². The molecule has 2 N–H and O–H groups in total. The molecule has 2 rings (SSSR count). The van der Waals surface area contributed by atoms with Crippen molar-refractivity contribution in [2.75, 3.05) is 0 Å². The quantitative estimate of drug-likeness (QED) is 0.946. The average Bonchev–Trinajstić information content (AvgIpc) is 2.63. The van der Waals surface area contributed by atoms with Gasteiger partial charge in [-0.2, -0.15) is 0 Å². The SMILES string of the molecule is Cc1ncn(Cc2ccc(CN)cc2Br)c1C. The summed E-state index contributed by atoms with van der Waals surface area (Å²) < 4.78 is 3.25. The summed E-state index contributed by atoms with van der Waals surface area (Å²) in [6.45, 7) is 5.52. The van der Waals surface area contributed by atoms with Crippen molar-refractivity contribution in [3.63, 3.8) is 0 Å². The Hall–Kier alpha value is -1.13. The molecule has 0 aliphatic carbocycles. The van der Waals surface area contributed by atoms with Crippen LogP contribution >= 0.6 is 15.9 Å². The summed E-state index contributed by atoms with van der Waals surface area (Å²) in [7, 11) is 0. The molecule has 0 atom stereocenters. The molecule has 0 fully saturated rings. The molecular formula is C13H16BrN3. The van der Waals surface area contributed by atoms with E-state index < -0.39 is 0 Å². The van der Waals surface area contributed by atoms with E-state index in [4.69, 9.17) is 5.73 Å².